The van der Waals surface area contributed by atoms with E-state index in [1.54, 1.807) is 25.6 Å². The van der Waals surface area contributed by atoms with Crippen LogP contribution >= 0.6 is 11.3 Å². The zero-order valence-electron chi connectivity index (χ0n) is 10.4. The maximum Gasteiger partial charge on any atom is 0.329 e. The third kappa shape index (κ3) is 3.43. The number of aliphatic carboxylic acids is 1. The molecule has 0 aliphatic rings. The molecular formula is C11H17N3O3S. The van der Waals surface area contributed by atoms with Gasteiger partial charge in [-0.25, -0.2) is 9.59 Å². The van der Waals surface area contributed by atoms with Gasteiger partial charge in [-0.05, 0) is 12.8 Å². The summed E-state index contributed by atoms with van der Waals surface area (Å²) in [5.74, 6) is -1.01. The lowest BCUT2D eigenvalue weighted by Gasteiger charge is -2.27. The molecule has 0 unspecified atom stereocenters. The standard InChI is InChI=1S/C11H17N3O3S/c1-3-11(4-2,9(15)16)14-10(17)13-6-8-5-12-7-18-8/h5,7H,3-4,6H2,1-2H3,(H,15,16)(H2,13,14,17). The molecule has 0 saturated carbocycles. The molecule has 0 saturated heterocycles. The molecule has 100 valence electrons. The van der Waals surface area contributed by atoms with E-state index >= 15 is 0 Å². The minimum atomic E-state index is -1.20. The number of carbonyl (C=O) groups is 2. The summed E-state index contributed by atoms with van der Waals surface area (Å²) < 4.78 is 0. The van der Waals surface area contributed by atoms with Crippen molar-refractivity contribution in [2.75, 3.05) is 0 Å². The van der Waals surface area contributed by atoms with Crippen LogP contribution in [0, 0.1) is 0 Å². The Labute approximate surface area is 109 Å². The van der Waals surface area contributed by atoms with E-state index in [1.165, 1.54) is 11.3 Å². The minimum Gasteiger partial charge on any atom is -0.480 e. The van der Waals surface area contributed by atoms with Crippen LogP contribution in [0.3, 0.4) is 0 Å². The van der Waals surface area contributed by atoms with Crippen LogP contribution in [0.15, 0.2) is 11.7 Å². The van der Waals surface area contributed by atoms with Crippen LogP contribution in [0.5, 0.6) is 0 Å². The fraction of sp³-hybridized carbons (Fsp3) is 0.545. The van der Waals surface area contributed by atoms with Gasteiger partial charge < -0.3 is 15.7 Å². The van der Waals surface area contributed by atoms with Crippen LogP contribution in [0.4, 0.5) is 4.79 Å². The molecule has 6 nitrogen and oxygen atoms in total. The van der Waals surface area contributed by atoms with Crippen molar-refractivity contribution < 1.29 is 14.7 Å². The van der Waals surface area contributed by atoms with Crippen molar-refractivity contribution in [1.29, 1.82) is 0 Å². The highest BCUT2D eigenvalue weighted by Gasteiger charge is 2.36. The fourth-order valence-electron chi connectivity index (χ4n) is 1.54. The lowest BCUT2D eigenvalue weighted by molar-refractivity contribution is -0.144. The van der Waals surface area contributed by atoms with Crippen LogP contribution in [-0.2, 0) is 11.3 Å². The molecule has 0 atom stereocenters. The highest BCUT2D eigenvalue weighted by Crippen LogP contribution is 2.15. The Morgan fingerprint density at radius 3 is 2.56 bits per heavy atom. The number of nitrogens with zero attached hydrogens (tertiary/aromatic N) is 1. The van der Waals surface area contributed by atoms with E-state index in [1.807, 2.05) is 0 Å². The first-order chi connectivity index (χ1) is 8.54. The summed E-state index contributed by atoms with van der Waals surface area (Å²) in [5.41, 5.74) is 0.479. The first kappa shape index (κ1) is 14.4. The number of nitrogens with one attached hydrogen (secondary N) is 2. The molecule has 0 aliphatic carbocycles. The quantitative estimate of drug-likeness (QED) is 0.732. The number of carboxylic acids is 1. The van der Waals surface area contributed by atoms with Gasteiger partial charge in [-0.1, -0.05) is 13.8 Å². The van der Waals surface area contributed by atoms with Gasteiger partial charge in [0.1, 0.15) is 5.54 Å². The molecule has 1 rings (SSSR count). The fourth-order valence-corrected chi connectivity index (χ4v) is 2.08. The van der Waals surface area contributed by atoms with Crippen molar-refractivity contribution in [3.8, 4) is 0 Å². The van der Waals surface area contributed by atoms with Crippen LogP contribution in [0.1, 0.15) is 31.6 Å². The van der Waals surface area contributed by atoms with Gasteiger partial charge in [0, 0.05) is 11.1 Å². The normalized spacial score (nSPS) is 11.0. The lowest BCUT2D eigenvalue weighted by atomic mass is 9.93. The number of hydrogen-bond donors (Lipinski definition) is 3. The summed E-state index contributed by atoms with van der Waals surface area (Å²) in [6, 6.07) is -0.477. The lowest BCUT2D eigenvalue weighted by Crippen LogP contribution is -2.56. The second-order valence-corrected chi connectivity index (χ2v) is 4.84. The predicted octanol–water partition coefficient (Wildman–Crippen LogP) is 1.59. The molecule has 7 heteroatoms. The molecule has 3 N–H and O–H groups in total. The first-order valence-electron chi connectivity index (χ1n) is 5.71. The molecule has 0 bridgehead atoms. The molecule has 18 heavy (non-hydrogen) atoms. The largest absolute Gasteiger partial charge is 0.480 e. The summed E-state index contributed by atoms with van der Waals surface area (Å²) in [5, 5.41) is 14.3. The van der Waals surface area contributed by atoms with Crippen molar-refractivity contribution in [3.63, 3.8) is 0 Å². The van der Waals surface area contributed by atoms with Crippen molar-refractivity contribution in [1.82, 2.24) is 15.6 Å². The van der Waals surface area contributed by atoms with E-state index in [2.05, 4.69) is 15.6 Å². The second-order valence-electron chi connectivity index (χ2n) is 3.87. The van der Waals surface area contributed by atoms with E-state index in [9.17, 15) is 14.7 Å². The zero-order valence-corrected chi connectivity index (χ0v) is 11.2. The molecule has 0 aromatic carbocycles. The van der Waals surface area contributed by atoms with Gasteiger partial charge in [0.05, 0.1) is 12.1 Å². The molecule has 1 heterocycles. The Morgan fingerprint density at radius 1 is 1.44 bits per heavy atom. The van der Waals surface area contributed by atoms with Gasteiger partial charge in [-0.3, -0.25) is 4.98 Å². The number of carboxylic acid groups (broad SMARTS) is 1. The van der Waals surface area contributed by atoms with Crippen LogP contribution < -0.4 is 10.6 Å². The number of aromatic nitrogens is 1. The average molecular weight is 271 g/mol. The van der Waals surface area contributed by atoms with Gasteiger partial charge >= 0.3 is 12.0 Å². The number of hydrogen-bond acceptors (Lipinski definition) is 4. The maximum atomic E-state index is 11.7. The van der Waals surface area contributed by atoms with Crippen molar-refractivity contribution >= 4 is 23.3 Å². The number of amides is 2. The Balaban J connectivity index is 2.54. The highest BCUT2D eigenvalue weighted by atomic mass is 32.1. The molecule has 0 radical (unpaired) electrons. The number of urea groups is 1. The number of thiazole rings is 1. The summed E-state index contributed by atoms with van der Waals surface area (Å²) in [6.45, 7) is 3.82. The Bertz CT molecular complexity index is 402. The minimum absolute atomic E-state index is 0.340. The Hall–Kier alpha value is -1.63. The van der Waals surface area contributed by atoms with Crippen LogP contribution in [0.25, 0.3) is 0 Å². The zero-order chi connectivity index (χ0) is 13.6. The smallest absolute Gasteiger partial charge is 0.329 e. The molecule has 1 aromatic rings. The highest BCUT2D eigenvalue weighted by molar-refractivity contribution is 7.09. The second kappa shape index (κ2) is 6.34. The summed E-state index contributed by atoms with van der Waals surface area (Å²) >= 11 is 1.43. The third-order valence-electron chi connectivity index (χ3n) is 2.88. The van der Waals surface area contributed by atoms with Crippen LogP contribution in [-0.4, -0.2) is 27.6 Å². The first-order valence-corrected chi connectivity index (χ1v) is 6.58. The maximum absolute atomic E-state index is 11.7. The topological polar surface area (TPSA) is 91.3 Å². The van der Waals surface area contributed by atoms with E-state index in [-0.39, 0.29) is 0 Å². The Kier molecular flexibility index (Phi) is 5.08. The van der Waals surface area contributed by atoms with Gasteiger partial charge in [-0.2, -0.15) is 0 Å². The summed E-state index contributed by atoms with van der Waals surface area (Å²) in [7, 11) is 0. The number of carbonyl (C=O) groups excluding carboxylic acids is 1. The van der Waals surface area contributed by atoms with Gasteiger partial charge in [0.25, 0.3) is 0 Å². The predicted molar refractivity (Wildman–Crippen MR) is 68.4 cm³/mol. The van der Waals surface area contributed by atoms with Gasteiger partial charge in [-0.15, -0.1) is 11.3 Å². The molecule has 0 spiro atoms. The molecule has 1 aromatic heterocycles. The Morgan fingerprint density at radius 2 is 2.11 bits per heavy atom. The summed E-state index contributed by atoms with van der Waals surface area (Å²) in [4.78, 5) is 27.7. The number of rotatable bonds is 6. The molecule has 0 fully saturated rings. The van der Waals surface area contributed by atoms with Gasteiger partial charge in [0.2, 0.25) is 0 Å². The molecule has 0 aliphatic heterocycles. The molecule has 2 amide bonds. The van der Waals surface area contributed by atoms with Crippen molar-refractivity contribution in [2.24, 2.45) is 0 Å². The van der Waals surface area contributed by atoms with Crippen molar-refractivity contribution in [2.45, 2.75) is 38.8 Å². The van der Waals surface area contributed by atoms with Gasteiger partial charge in [0.15, 0.2) is 0 Å². The van der Waals surface area contributed by atoms with Crippen molar-refractivity contribution in [3.05, 3.63) is 16.6 Å². The molecular weight excluding hydrogens is 254 g/mol. The average Bonchev–Trinajstić information content (AvgIpc) is 2.86. The van der Waals surface area contributed by atoms with E-state index in [4.69, 9.17) is 0 Å². The summed E-state index contributed by atoms with van der Waals surface area (Å²) in [6.07, 6.45) is 2.34. The SMILES string of the molecule is CCC(CC)(NC(=O)NCc1cncs1)C(=O)O. The third-order valence-corrected chi connectivity index (χ3v) is 3.66. The van der Waals surface area contributed by atoms with E-state index in [0.717, 1.165) is 4.88 Å². The monoisotopic (exact) mass is 271 g/mol. The van der Waals surface area contributed by atoms with E-state index in [0.29, 0.717) is 19.4 Å². The van der Waals surface area contributed by atoms with Crippen LogP contribution in [0.2, 0.25) is 0 Å². The van der Waals surface area contributed by atoms with E-state index < -0.39 is 17.5 Å².